The molecule has 0 bridgehead atoms. The Balaban J connectivity index is 2.80. The van der Waals surface area contributed by atoms with E-state index in [1.54, 1.807) is 0 Å². The summed E-state index contributed by atoms with van der Waals surface area (Å²) in [4.78, 5) is 10.4. The summed E-state index contributed by atoms with van der Waals surface area (Å²) in [6.07, 6.45) is -0.295. The first-order chi connectivity index (χ1) is 8.56. The Morgan fingerprint density at radius 2 is 2.05 bits per heavy atom. The number of sulfone groups is 1. The number of aliphatic carboxylic acids is 1. The highest BCUT2D eigenvalue weighted by Crippen LogP contribution is 2.18. The highest BCUT2D eigenvalue weighted by Gasteiger charge is 2.37. The van der Waals surface area contributed by atoms with Crippen LogP contribution in [0.4, 0.5) is 0 Å². The highest BCUT2D eigenvalue weighted by atomic mass is 32.2. The zero-order valence-corrected chi connectivity index (χ0v) is 12.4. The van der Waals surface area contributed by atoms with E-state index in [1.807, 2.05) is 0 Å². The van der Waals surface area contributed by atoms with Gasteiger partial charge in [0.1, 0.15) is 0 Å². The van der Waals surface area contributed by atoms with Gasteiger partial charge >= 0.3 is 5.97 Å². The van der Waals surface area contributed by atoms with Gasteiger partial charge in [0.15, 0.2) is 9.84 Å². The number of rotatable bonds is 5. The fourth-order valence-electron chi connectivity index (χ4n) is 1.87. The first-order valence-corrected chi connectivity index (χ1v) is 8.93. The van der Waals surface area contributed by atoms with Crippen molar-refractivity contribution in [3.63, 3.8) is 0 Å². The molecule has 1 fully saturated rings. The van der Waals surface area contributed by atoms with Crippen LogP contribution in [0.15, 0.2) is 0 Å². The standard InChI is InChI=1S/C9H18N2O6S2/c1-8-7-18(14,15)6-5-11(8)19(16,17)10(2)4-3-9(12)13/h8H,3-7H2,1-2H3,(H,12,13). The third kappa shape index (κ3) is 4.13. The molecule has 0 amide bonds. The van der Waals surface area contributed by atoms with Crippen molar-refractivity contribution < 1.29 is 26.7 Å². The normalized spacial score (nSPS) is 24.5. The predicted molar refractivity (Wildman–Crippen MR) is 68.6 cm³/mol. The van der Waals surface area contributed by atoms with Crippen LogP contribution in [-0.4, -0.2) is 74.2 Å². The Morgan fingerprint density at radius 1 is 1.47 bits per heavy atom. The maximum Gasteiger partial charge on any atom is 0.304 e. The van der Waals surface area contributed by atoms with Crippen LogP contribution in [0.3, 0.4) is 0 Å². The van der Waals surface area contributed by atoms with Crippen LogP contribution in [0.2, 0.25) is 0 Å². The van der Waals surface area contributed by atoms with Crippen LogP contribution in [0, 0.1) is 0 Å². The lowest BCUT2D eigenvalue weighted by atomic mass is 10.4. The van der Waals surface area contributed by atoms with Gasteiger partial charge in [-0.3, -0.25) is 4.79 Å². The number of hydrogen-bond acceptors (Lipinski definition) is 5. The molecule has 10 heteroatoms. The first-order valence-electron chi connectivity index (χ1n) is 5.71. The van der Waals surface area contributed by atoms with Gasteiger partial charge in [0, 0.05) is 26.2 Å². The molecule has 1 aliphatic heterocycles. The van der Waals surface area contributed by atoms with Crippen LogP contribution in [0.25, 0.3) is 0 Å². The maximum atomic E-state index is 12.2. The van der Waals surface area contributed by atoms with Crippen molar-refractivity contribution in [1.29, 1.82) is 0 Å². The molecule has 1 heterocycles. The average Bonchev–Trinajstić information content (AvgIpc) is 2.23. The average molecular weight is 314 g/mol. The summed E-state index contributed by atoms with van der Waals surface area (Å²) in [5, 5.41) is 8.54. The number of carboxylic acid groups (broad SMARTS) is 1. The minimum atomic E-state index is -3.82. The topological polar surface area (TPSA) is 112 Å². The third-order valence-electron chi connectivity index (χ3n) is 2.94. The number of nitrogens with zero attached hydrogens (tertiary/aromatic N) is 2. The molecular weight excluding hydrogens is 296 g/mol. The van der Waals surface area contributed by atoms with Crippen LogP contribution in [0.1, 0.15) is 13.3 Å². The second-order valence-electron chi connectivity index (χ2n) is 4.55. The molecule has 1 rings (SSSR count). The molecule has 0 aliphatic carbocycles. The summed E-state index contributed by atoms with van der Waals surface area (Å²) in [6.45, 7) is 1.29. The second kappa shape index (κ2) is 5.73. The monoisotopic (exact) mass is 314 g/mol. The van der Waals surface area contributed by atoms with Gasteiger partial charge in [0.05, 0.1) is 17.9 Å². The van der Waals surface area contributed by atoms with Crippen LogP contribution < -0.4 is 0 Å². The van der Waals surface area contributed by atoms with E-state index >= 15 is 0 Å². The highest BCUT2D eigenvalue weighted by molar-refractivity contribution is 7.91. The van der Waals surface area contributed by atoms with Gasteiger partial charge in [-0.15, -0.1) is 0 Å². The van der Waals surface area contributed by atoms with E-state index in [1.165, 1.54) is 14.0 Å². The minimum absolute atomic E-state index is 0.0940. The molecule has 1 atom stereocenters. The van der Waals surface area contributed by atoms with Gasteiger partial charge in [-0.2, -0.15) is 17.0 Å². The fraction of sp³-hybridized carbons (Fsp3) is 0.889. The van der Waals surface area contributed by atoms with E-state index in [-0.39, 0.29) is 31.0 Å². The SMILES string of the molecule is CC1CS(=O)(=O)CCN1S(=O)(=O)N(C)CCC(=O)O. The molecule has 0 saturated carbocycles. The Morgan fingerprint density at radius 3 is 2.53 bits per heavy atom. The lowest BCUT2D eigenvalue weighted by Crippen LogP contribution is -2.53. The van der Waals surface area contributed by atoms with Crippen LogP contribution in [-0.2, 0) is 24.8 Å². The number of hydrogen-bond donors (Lipinski definition) is 1. The van der Waals surface area contributed by atoms with Gasteiger partial charge in [-0.25, -0.2) is 8.42 Å². The molecule has 1 saturated heterocycles. The number of carboxylic acids is 1. The van der Waals surface area contributed by atoms with Gasteiger partial charge in [-0.05, 0) is 6.92 Å². The fourth-order valence-corrected chi connectivity index (χ4v) is 5.17. The molecule has 0 aromatic carbocycles. The van der Waals surface area contributed by atoms with E-state index in [0.717, 1.165) is 8.61 Å². The summed E-state index contributed by atoms with van der Waals surface area (Å²) in [5.74, 6) is -1.50. The largest absolute Gasteiger partial charge is 0.481 e. The molecule has 0 aromatic rings. The molecular formula is C9H18N2O6S2. The van der Waals surface area contributed by atoms with Crippen molar-refractivity contribution in [3.8, 4) is 0 Å². The Labute approximate surface area is 113 Å². The van der Waals surface area contributed by atoms with E-state index in [9.17, 15) is 21.6 Å². The quantitative estimate of drug-likeness (QED) is 0.679. The van der Waals surface area contributed by atoms with E-state index in [2.05, 4.69) is 0 Å². The van der Waals surface area contributed by atoms with E-state index in [4.69, 9.17) is 5.11 Å². The predicted octanol–water partition coefficient (Wildman–Crippen LogP) is -1.24. The summed E-state index contributed by atoms with van der Waals surface area (Å²) in [6, 6.07) is -0.643. The lowest BCUT2D eigenvalue weighted by molar-refractivity contribution is -0.137. The Hall–Kier alpha value is -0.710. The molecule has 1 N–H and O–H groups in total. The lowest BCUT2D eigenvalue weighted by Gasteiger charge is -2.34. The molecule has 8 nitrogen and oxygen atoms in total. The molecule has 0 spiro atoms. The van der Waals surface area contributed by atoms with Crippen molar-refractivity contribution in [2.45, 2.75) is 19.4 Å². The Kier molecular flexibility index (Phi) is 4.93. The van der Waals surface area contributed by atoms with Gasteiger partial charge in [0.2, 0.25) is 0 Å². The van der Waals surface area contributed by atoms with Crippen LogP contribution in [0.5, 0.6) is 0 Å². The Bertz CT molecular complexity index is 541. The third-order valence-corrected chi connectivity index (χ3v) is 6.84. The smallest absolute Gasteiger partial charge is 0.304 e. The summed E-state index contributed by atoms with van der Waals surface area (Å²) < 4.78 is 49.2. The molecule has 0 radical (unpaired) electrons. The molecule has 19 heavy (non-hydrogen) atoms. The molecule has 1 aliphatic rings. The van der Waals surface area contributed by atoms with E-state index in [0.29, 0.717) is 0 Å². The maximum absolute atomic E-state index is 12.2. The summed E-state index contributed by atoms with van der Waals surface area (Å²) >= 11 is 0. The van der Waals surface area contributed by atoms with E-state index < -0.39 is 32.1 Å². The van der Waals surface area contributed by atoms with Crippen LogP contribution >= 0.6 is 0 Å². The minimum Gasteiger partial charge on any atom is -0.481 e. The summed E-state index contributed by atoms with van der Waals surface area (Å²) in [7, 11) is -5.73. The van der Waals surface area contributed by atoms with Gasteiger partial charge in [-0.1, -0.05) is 0 Å². The van der Waals surface area contributed by atoms with Gasteiger partial charge < -0.3 is 5.11 Å². The molecule has 1 unspecified atom stereocenters. The van der Waals surface area contributed by atoms with Crippen molar-refractivity contribution in [3.05, 3.63) is 0 Å². The van der Waals surface area contributed by atoms with Gasteiger partial charge in [0.25, 0.3) is 10.2 Å². The van der Waals surface area contributed by atoms with Crippen molar-refractivity contribution in [2.24, 2.45) is 0 Å². The molecule has 112 valence electrons. The molecule has 0 aromatic heterocycles. The van der Waals surface area contributed by atoms with Crippen molar-refractivity contribution in [2.75, 3.05) is 31.6 Å². The van der Waals surface area contributed by atoms with Crippen molar-refractivity contribution in [1.82, 2.24) is 8.61 Å². The zero-order valence-electron chi connectivity index (χ0n) is 10.8. The second-order valence-corrected chi connectivity index (χ2v) is 8.76. The summed E-state index contributed by atoms with van der Waals surface area (Å²) in [5.41, 5.74) is 0. The number of carbonyl (C=O) groups is 1. The zero-order chi connectivity index (χ0) is 14.8. The first kappa shape index (κ1) is 16.3. The van der Waals surface area contributed by atoms with Crippen molar-refractivity contribution >= 4 is 26.0 Å².